The van der Waals surface area contributed by atoms with Crippen molar-refractivity contribution in [2.75, 3.05) is 5.32 Å². The molecule has 14 nitrogen and oxygen atoms in total. The van der Waals surface area contributed by atoms with Crippen LogP contribution >= 0.6 is 0 Å². The number of amides is 3. The average Bonchev–Trinajstić information content (AvgIpc) is 2.85. The fourth-order valence-corrected chi connectivity index (χ4v) is 2.72. The maximum absolute atomic E-state index is 11.9. The summed E-state index contributed by atoms with van der Waals surface area (Å²) in [5.74, 6) is -2.65. The molecule has 0 spiro atoms. The number of nitrogens with two attached hydrogens (primary N) is 1. The standard InChI is InChI=1S/C22H16N6O8/c23-20(29)14-3-5-15(6-4-14)25-21(30)22(31)26-24-12-13-1-8-17(9-2-13)36-19-10-7-16(27(32)33)11-18(19)28(34)35/h1-12H,(H2,23,29)(H,25,30)(H,26,31)/b24-12+. The first-order valence-electron chi connectivity index (χ1n) is 9.89. The van der Waals surface area contributed by atoms with E-state index in [9.17, 15) is 34.6 Å². The lowest BCUT2D eigenvalue weighted by atomic mass is 10.2. The van der Waals surface area contributed by atoms with Gasteiger partial charge in [-0.15, -0.1) is 0 Å². The Morgan fingerprint density at radius 3 is 2.14 bits per heavy atom. The lowest BCUT2D eigenvalue weighted by Crippen LogP contribution is -2.32. The molecule has 0 unspecified atom stereocenters. The first-order valence-corrected chi connectivity index (χ1v) is 9.89. The number of nitro benzene ring substituents is 2. The highest BCUT2D eigenvalue weighted by Gasteiger charge is 2.21. The Hall–Kier alpha value is -5.66. The number of carbonyl (C=O) groups excluding carboxylic acids is 3. The molecule has 182 valence electrons. The third kappa shape index (κ3) is 6.44. The Bertz CT molecular complexity index is 1370. The van der Waals surface area contributed by atoms with Crippen LogP contribution in [0.4, 0.5) is 17.1 Å². The largest absolute Gasteiger partial charge is 0.450 e. The van der Waals surface area contributed by atoms with Gasteiger partial charge in [-0.05, 0) is 60.2 Å². The highest BCUT2D eigenvalue weighted by atomic mass is 16.6. The molecule has 0 aromatic heterocycles. The minimum absolute atomic E-state index is 0.186. The lowest BCUT2D eigenvalue weighted by molar-refractivity contribution is -0.394. The van der Waals surface area contributed by atoms with Crippen LogP contribution in [0.2, 0.25) is 0 Å². The number of benzene rings is 3. The number of primary amides is 1. The van der Waals surface area contributed by atoms with Crippen molar-refractivity contribution >= 4 is 41.0 Å². The molecular formula is C22H16N6O8. The van der Waals surface area contributed by atoms with Gasteiger partial charge in [-0.2, -0.15) is 5.10 Å². The van der Waals surface area contributed by atoms with Gasteiger partial charge in [-0.1, -0.05) is 0 Å². The van der Waals surface area contributed by atoms with E-state index in [1.54, 1.807) is 0 Å². The van der Waals surface area contributed by atoms with Crippen LogP contribution < -0.4 is 21.2 Å². The number of nitrogens with one attached hydrogen (secondary N) is 2. The molecule has 3 amide bonds. The molecule has 0 heterocycles. The van der Waals surface area contributed by atoms with Crippen molar-refractivity contribution in [1.82, 2.24) is 5.43 Å². The fraction of sp³-hybridized carbons (Fsp3) is 0. The Kier molecular flexibility index (Phi) is 7.61. The number of hydrazone groups is 1. The van der Waals surface area contributed by atoms with Gasteiger partial charge in [0.25, 0.3) is 5.69 Å². The van der Waals surface area contributed by atoms with Gasteiger partial charge in [0.15, 0.2) is 0 Å². The number of hydrogen-bond acceptors (Lipinski definition) is 9. The van der Waals surface area contributed by atoms with Crippen LogP contribution in [-0.2, 0) is 9.59 Å². The summed E-state index contributed by atoms with van der Waals surface area (Å²) in [6.45, 7) is 0. The van der Waals surface area contributed by atoms with Gasteiger partial charge >= 0.3 is 17.5 Å². The van der Waals surface area contributed by atoms with Crippen LogP contribution in [0.1, 0.15) is 15.9 Å². The molecule has 0 bridgehead atoms. The Morgan fingerprint density at radius 1 is 0.889 bits per heavy atom. The molecule has 4 N–H and O–H groups in total. The maximum Gasteiger partial charge on any atom is 0.329 e. The minimum Gasteiger partial charge on any atom is -0.450 e. The average molecular weight is 492 g/mol. The van der Waals surface area contributed by atoms with Crippen LogP contribution in [0.25, 0.3) is 0 Å². The number of rotatable bonds is 8. The predicted octanol–water partition coefficient (Wildman–Crippen LogP) is 2.48. The topological polar surface area (TPSA) is 209 Å². The SMILES string of the molecule is NC(=O)c1ccc(NC(=O)C(=O)N/N=C/c2ccc(Oc3ccc([N+](=O)[O-])cc3[N+](=O)[O-])cc2)cc1. The van der Waals surface area contributed by atoms with Crippen molar-refractivity contribution in [2.45, 2.75) is 0 Å². The fourth-order valence-electron chi connectivity index (χ4n) is 2.72. The van der Waals surface area contributed by atoms with E-state index in [1.165, 1.54) is 54.7 Å². The predicted molar refractivity (Wildman–Crippen MR) is 126 cm³/mol. The molecule has 0 saturated heterocycles. The molecule has 3 aromatic rings. The van der Waals surface area contributed by atoms with Crippen LogP contribution in [0.15, 0.2) is 71.8 Å². The number of hydrogen-bond donors (Lipinski definition) is 3. The summed E-state index contributed by atoms with van der Waals surface area (Å²) in [6.07, 6.45) is 1.24. The number of anilines is 1. The summed E-state index contributed by atoms with van der Waals surface area (Å²) in [4.78, 5) is 55.4. The zero-order valence-corrected chi connectivity index (χ0v) is 18.1. The second kappa shape index (κ2) is 11.0. The van der Waals surface area contributed by atoms with E-state index in [-0.39, 0.29) is 22.7 Å². The van der Waals surface area contributed by atoms with Gasteiger partial charge in [-0.25, -0.2) is 5.43 Å². The highest BCUT2D eigenvalue weighted by Crippen LogP contribution is 2.34. The molecule has 0 aliphatic carbocycles. The number of non-ortho nitro benzene ring substituents is 1. The Balaban J connectivity index is 1.57. The van der Waals surface area contributed by atoms with Gasteiger partial charge in [0.05, 0.1) is 22.1 Å². The smallest absolute Gasteiger partial charge is 0.329 e. The zero-order valence-electron chi connectivity index (χ0n) is 18.1. The lowest BCUT2D eigenvalue weighted by Gasteiger charge is -2.06. The summed E-state index contributed by atoms with van der Waals surface area (Å²) < 4.78 is 5.45. The molecule has 36 heavy (non-hydrogen) atoms. The first-order chi connectivity index (χ1) is 17.1. The molecule has 3 rings (SSSR count). The molecule has 14 heteroatoms. The van der Waals surface area contributed by atoms with E-state index in [4.69, 9.17) is 10.5 Å². The molecule has 0 radical (unpaired) electrons. The molecule has 0 atom stereocenters. The number of ether oxygens (including phenoxy) is 1. The van der Waals surface area contributed by atoms with Gasteiger partial charge in [0.2, 0.25) is 11.7 Å². The van der Waals surface area contributed by atoms with Gasteiger partial charge in [-0.3, -0.25) is 34.6 Å². The summed E-state index contributed by atoms with van der Waals surface area (Å²) in [6, 6.07) is 14.5. The van der Waals surface area contributed by atoms with Crippen LogP contribution in [0, 0.1) is 20.2 Å². The number of nitro groups is 2. The summed E-state index contributed by atoms with van der Waals surface area (Å²) >= 11 is 0. The van der Waals surface area contributed by atoms with Gasteiger partial charge in [0, 0.05) is 17.3 Å². The normalized spacial score (nSPS) is 10.4. The summed E-state index contributed by atoms with van der Waals surface area (Å²) in [5, 5.41) is 28.0. The Morgan fingerprint density at radius 2 is 1.56 bits per heavy atom. The molecule has 0 aliphatic heterocycles. The van der Waals surface area contributed by atoms with Crippen molar-refractivity contribution in [3.8, 4) is 11.5 Å². The van der Waals surface area contributed by atoms with Crippen molar-refractivity contribution < 1.29 is 29.0 Å². The van der Waals surface area contributed by atoms with E-state index in [2.05, 4.69) is 15.8 Å². The second-order valence-electron chi connectivity index (χ2n) is 6.93. The first kappa shape index (κ1) is 25.0. The van der Waals surface area contributed by atoms with Gasteiger partial charge in [0.1, 0.15) is 5.75 Å². The van der Waals surface area contributed by atoms with Crippen molar-refractivity contribution in [2.24, 2.45) is 10.8 Å². The third-order valence-corrected chi connectivity index (χ3v) is 4.47. The van der Waals surface area contributed by atoms with E-state index < -0.39 is 38.9 Å². The minimum atomic E-state index is -1.05. The second-order valence-corrected chi connectivity index (χ2v) is 6.93. The van der Waals surface area contributed by atoms with Gasteiger partial charge < -0.3 is 15.8 Å². The summed E-state index contributed by atoms with van der Waals surface area (Å²) in [7, 11) is 0. The zero-order chi connectivity index (χ0) is 26.2. The third-order valence-electron chi connectivity index (χ3n) is 4.47. The van der Waals surface area contributed by atoms with Crippen molar-refractivity contribution in [3.05, 3.63) is 98.1 Å². The van der Waals surface area contributed by atoms with Crippen LogP contribution in [0.5, 0.6) is 11.5 Å². The molecule has 0 saturated carbocycles. The van der Waals surface area contributed by atoms with E-state index in [0.717, 1.165) is 18.2 Å². The molecule has 3 aromatic carbocycles. The molecular weight excluding hydrogens is 476 g/mol. The van der Waals surface area contributed by atoms with Crippen molar-refractivity contribution in [1.29, 1.82) is 0 Å². The Labute approximate surface area is 201 Å². The van der Waals surface area contributed by atoms with E-state index in [1.807, 2.05) is 0 Å². The van der Waals surface area contributed by atoms with Crippen LogP contribution in [0.3, 0.4) is 0 Å². The molecule has 0 aliphatic rings. The monoisotopic (exact) mass is 492 g/mol. The maximum atomic E-state index is 11.9. The van der Waals surface area contributed by atoms with E-state index >= 15 is 0 Å². The van der Waals surface area contributed by atoms with Crippen LogP contribution in [-0.4, -0.2) is 33.8 Å². The highest BCUT2D eigenvalue weighted by molar-refractivity contribution is 6.39. The number of carbonyl (C=O) groups is 3. The van der Waals surface area contributed by atoms with E-state index in [0.29, 0.717) is 5.56 Å². The quantitative estimate of drug-likeness (QED) is 0.184. The number of nitrogens with zero attached hydrogens (tertiary/aromatic N) is 3. The summed E-state index contributed by atoms with van der Waals surface area (Å²) in [5.41, 5.74) is 7.17. The molecule has 0 fully saturated rings. The van der Waals surface area contributed by atoms with Crippen molar-refractivity contribution in [3.63, 3.8) is 0 Å².